The van der Waals surface area contributed by atoms with Gasteiger partial charge in [0.1, 0.15) is 0 Å². The summed E-state index contributed by atoms with van der Waals surface area (Å²) in [6.45, 7) is 2.04. The number of halogens is 1. The minimum Gasteiger partial charge on any atom is -0.325 e. The third kappa shape index (κ3) is 4.44. The fourth-order valence-electron chi connectivity index (χ4n) is 2.35. The maximum absolute atomic E-state index is 12.6. The molecule has 8 heteroatoms. The minimum atomic E-state index is -3.67. The summed E-state index contributed by atoms with van der Waals surface area (Å²) in [5.74, 6) is 0.460. The highest BCUT2D eigenvalue weighted by atomic mass is 79.9. The highest BCUT2D eigenvalue weighted by Gasteiger charge is 2.22. The van der Waals surface area contributed by atoms with E-state index in [1.165, 1.54) is 6.07 Å². The molecular formula is C17H17BrN2O3S2. The third-order valence-corrected chi connectivity index (χ3v) is 7.04. The summed E-state index contributed by atoms with van der Waals surface area (Å²) in [4.78, 5) is 13.0. The smallest absolute Gasteiger partial charge is 0.240 e. The molecule has 1 aliphatic rings. The molecule has 0 fully saturated rings. The lowest BCUT2D eigenvalue weighted by Gasteiger charge is -2.11. The Kier molecular flexibility index (Phi) is 5.52. The molecule has 1 aliphatic heterocycles. The lowest BCUT2D eigenvalue weighted by atomic mass is 10.2. The molecule has 1 heterocycles. The summed E-state index contributed by atoms with van der Waals surface area (Å²) in [5.41, 5.74) is 1.40. The van der Waals surface area contributed by atoms with Crippen LogP contribution >= 0.6 is 27.7 Å². The molecule has 1 atom stereocenters. The van der Waals surface area contributed by atoms with Crippen molar-refractivity contribution in [3.05, 3.63) is 52.5 Å². The number of thioether (sulfide) groups is 1. The van der Waals surface area contributed by atoms with E-state index in [1.54, 1.807) is 23.9 Å². The first-order chi connectivity index (χ1) is 11.8. The number of sulfonamides is 1. The average Bonchev–Trinajstić information content (AvgIpc) is 2.72. The van der Waals surface area contributed by atoms with E-state index >= 15 is 0 Å². The summed E-state index contributed by atoms with van der Waals surface area (Å²) in [5, 5.41) is 2.81. The van der Waals surface area contributed by atoms with Gasteiger partial charge in [-0.25, -0.2) is 13.1 Å². The van der Waals surface area contributed by atoms with Crippen LogP contribution in [-0.4, -0.2) is 20.1 Å². The molecular weight excluding hydrogens is 424 g/mol. The predicted molar refractivity (Wildman–Crippen MR) is 103 cm³/mol. The van der Waals surface area contributed by atoms with Crippen LogP contribution in [-0.2, 0) is 21.4 Å². The normalized spacial score (nSPS) is 17.5. The first-order valence-electron chi connectivity index (χ1n) is 7.67. The Labute approximate surface area is 159 Å². The Morgan fingerprint density at radius 3 is 2.84 bits per heavy atom. The molecule has 0 radical (unpaired) electrons. The number of hydrogen-bond donors (Lipinski definition) is 2. The van der Waals surface area contributed by atoms with Gasteiger partial charge in [-0.2, -0.15) is 0 Å². The summed E-state index contributed by atoms with van der Waals surface area (Å²) in [6.07, 6.45) is 0. The number of anilines is 1. The molecule has 0 unspecified atom stereocenters. The Morgan fingerprint density at radius 2 is 2.08 bits per heavy atom. The summed E-state index contributed by atoms with van der Waals surface area (Å²) < 4.78 is 28.6. The number of benzene rings is 2. The van der Waals surface area contributed by atoms with Crippen molar-refractivity contribution in [2.24, 2.45) is 5.92 Å². The van der Waals surface area contributed by atoms with Crippen LogP contribution in [0.15, 0.2) is 56.7 Å². The molecule has 0 aliphatic carbocycles. The van der Waals surface area contributed by atoms with E-state index in [9.17, 15) is 13.2 Å². The van der Waals surface area contributed by atoms with E-state index in [0.29, 0.717) is 11.4 Å². The monoisotopic (exact) mass is 440 g/mol. The van der Waals surface area contributed by atoms with Crippen molar-refractivity contribution in [1.82, 2.24) is 4.72 Å². The van der Waals surface area contributed by atoms with Gasteiger partial charge in [0, 0.05) is 27.6 Å². The fourth-order valence-corrected chi connectivity index (χ4v) is 4.86. The maximum Gasteiger partial charge on any atom is 0.240 e. The SMILES string of the molecule is C[C@@H]1CSc2ccc(S(=O)(=O)NCc3cccc(Br)c3)cc2NC1=O. The second-order valence-corrected chi connectivity index (χ2v) is 9.56. The van der Waals surface area contributed by atoms with Gasteiger partial charge < -0.3 is 5.32 Å². The van der Waals surface area contributed by atoms with Crippen LogP contribution in [0.2, 0.25) is 0 Å². The number of fused-ring (bicyclic) bond motifs is 1. The van der Waals surface area contributed by atoms with Crippen molar-refractivity contribution in [1.29, 1.82) is 0 Å². The Morgan fingerprint density at radius 1 is 1.28 bits per heavy atom. The van der Waals surface area contributed by atoms with E-state index in [1.807, 2.05) is 31.2 Å². The molecule has 132 valence electrons. The highest BCUT2D eigenvalue weighted by Crippen LogP contribution is 2.34. The van der Waals surface area contributed by atoms with Crippen molar-refractivity contribution in [2.75, 3.05) is 11.1 Å². The number of amides is 1. The van der Waals surface area contributed by atoms with Crippen molar-refractivity contribution < 1.29 is 13.2 Å². The average molecular weight is 441 g/mol. The minimum absolute atomic E-state index is 0.0945. The zero-order chi connectivity index (χ0) is 18.0. The maximum atomic E-state index is 12.6. The van der Waals surface area contributed by atoms with Gasteiger partial charge in [-0.15, -0.1) is 11.8 Å². The molecule has 0 spiro atoms. The Balaban J connectivity index is 1.81. The molecule has 25 heavy (non-hydrogen) atoms. The van der Waals surface area contributed by atoms with E-state index in [4.69, 9.17) is 0 Å². The van der Waals surface area contributed by atoms with Gasteiger partial charge in [0.25, 0.3) is 0 Å². The molecule has 2 aromatic carbocycles. The second-order valence-electron chi connectivity index (χ2n) is 5.81. The molecule has 0 saturated carbocycles. The molecule has 1 amide bonds. The largest absolute Gasteiger partial charge is 0.325 e. The second kappa shape index (κ2) is 7.49. The van der Waals surface area contributed by atoms with E-state index in [0.717, 1.165) is 14.9 Å². The molecule has 0 saturated heterocycles. The van der Waals surface area contributed by atoms with Gasteiger partial charge in [0.05, 0.1) is 10.6 Å². The molecule has 0 aromatic heterocycles. The Bertz CT molecular complexity index is 916. The Hall–Kier alpha value is -1.35. The molecule has 2 aromatic rings. The quantitative estimate of drug-likeness (QED) is 0.760. The summed E-state index contributed by atoms with van der Waals surface area (Å²) in [7, 11) is -3.67. The fraction of sp³-hybridized carbons (Fsp3) is 0.235. The summed E-state index contributed by atoms with van der Waals surface area (Å²) in [6, 6.07) is 12.3. The van der Waals surface area contributed by atoms with Crippen molar-refractivity contribution >= 4 is 49.3 Å². The van der Waals surface area contributed by atoms with Crippen LogP contribution in [0.1, 0.15) is 12.5 Å². The zero-order valence-electron chi connectivity index (χ0n) is 13.5. The zero-order valence-corrected chi connectivity index (χ0v) is 16.7. The summed E-state index contributed by atoms with van der Waals surface area (Å²) >= 11 is 4.92. The van der Waals surface area contributed by atoms with Crippen LogP contribution in [0.5, 0.6) is 0 Å². The predicted octanol–water partition coefficient (Wildman–Crippen LogP) is 3.61. The number of rotatable bonds is 4. The molecule has 5 nitrogen and oxygen atoms in total. The van der Waals surface area contributed by atoms with Gasteiger partial charge >= 0.3 is 0 Å². The lowest BCUT2D eigenvalue weighted by molar-refractivity contribution is -0.118. The van der Waals surface area contributed by atoms with E-state index in [2.05, 4.69) is 26.0 Å². The first-order valence-corrected chi connectivity index (χ1v) is 10.9. The van der Waals surface area contributed by atoms with Crippen LogP contribution in [0.3, 0.4) is 0 Å². The van der Waals surface area contributed by atoms with Crippen LogP contribution in [0.25, 0.3) is 0 Å². The topological polar surface area (TPSA) is 75.3 Å². The van der Waals surface area contributed by atoms with E-state index in [-0.39, 0.29) is 23.3 Å². The van der Waals surface area contributed by atoms with Gasteiger partial charge in [0.15, 0.2) is 0 Å². The van der Waals surface area contributed by atoms with Crippen LogP contribution < -0.4 is 10.0 Å². The first kappa shape index (κ1) is 18.4. The van der Waals surface area contributed by atoms with Crippen molar-refractivity contribution in [2.45, 2.75) is 23.3 Å². The molecule has 0 bridgehead atoms. The van der Waals surface area contributed by atoms with E-state index < -0.39 is 10.0 Å². The standard InChI is InChI=1S/C17H17BrN2O3S2/c1-11-10-24-16-6-5-14(8-15(16)20-17(11)21)25(22,23)19-9-12-3-2-4-13(18)7-12/h2-8,11,19H,9-10H2,1H3,(H,20,21)/t11-/m1/s1. The lowest BCUT2D eigenvalue weighted by Crippen LogP contribution is -2.24. The molecule has 3 rings (SSSR count). The van der Waals surface area contributed by atoms with Gasteiger partial charge in [-0.05, 0) is 35.9 Å². The van der Waals surface area contributed by atoms with Gasteiger partial charge in [-0.3, -0.25) is 4.79 Å². The van der Waals surface area contributed by atoms with Gasteiger partial charge in [-0.1, -0.05) is 35.0 Å². The molecule has 2 N–H and O–H groups in total. The highest BCUT2D eigenvalue weighted by molar-refractivity contribution is 9.10. The number of carbonyl (C=O) groups is 1. The number of nitrogens with one attached hydrogen (secondary N) is 2. The third-order valence-electron chi connectivity index (χ3n) is 3.81. The van der Waals surface area contributed by atoms with Gasteiger partial charge in [0.2, 0.25) is 15.9 Å². The number of carbonyl (C=O) groups excluding carboxylic acids is 1. The van der Waals surface area contributed by atoms with Crippen LogP contribution in [0.4, 0.5) is 5.69 Å². The number of hydrogen-bond acceptors (Lipinski definition) is 4. The van der Waals surface area contributed by atoms with Crippen molar-refractivity contribution in [3.63, 3.8) is 0 Å². The van der Waals surface area contributed by atoms with Crippen molar-refractivity contribution in [3.8, 4) is 0 Å². The van der Waals surface area contributed by atoms with Crippen LogP contribution in [0, 0.1) is 5.92 Å².